The van der Waals surface area contributed by atoms with E-state index in [4.69, 9.17) is 0 Å². The molecule has 0 bridgehead atoms. The molecule has 2 fully saturated rings. The quantitative estimate of drug-likeness (QED) is 0.716. The Bertz CT molecular complexity index is 536. The van der Waals surface area contributed by atoms with Crippen molar-refractivity contribution in [3.63, 3.8) is 0 Å². The Labute approximate surface area is 126 Å². The van der Waals surface area contributed by atoms with Gasteiger partial charge in [-0.1, -0.05) is 24.3 Å². The fourth-order valence-corrected chi connectivity index (χ4v) is 4.48. The number of urea groups is 1. The van der Waals surface area contributed by atoms with Crippen molar-refractivity contribution in [2.75, 3.05) is 19.6 Å². The maximum Gasteiger partial charge on any atom is 0.320 e. The van der Waals surface area contributed by atoms with Crippen LogP contribution in [0.5, 0.6) is 0 Å². The first-order chi connectivity index (χ1) is 10.3. The smallest absolute Gasteiger partial charge is 0.320 e. The molecular weight excluding hydrogens is 260 g/mol. The zero-order valence-corrected chi connectivity index (χ0v) is 12.6. The first kappa shape index (κ1) is 13.2. The highest BCUT2D eigenvalue weighted by Crippen LogP contribution is 2.42. The van der Waals surface area contributed by atoms with Crippen LogP contribution < -0.4 is 0 Å². The predicted octanol–water partition coefficient (Wildman–Crippen LogP) is 3.40. The van der Waals surface area contributed by atoms with E-state index in [9.17, 15) is 4.79 Å². The summed E-state index contributed by atoms with van der Waals surface area (Å²) in [6.45, 7) is 2.86. The SMILES string of the molecule is O=C(N1CCCCC1)N1CCCC2c3ccccc3CC21. The molecule has 3 heteroatoms. The highest BCUT2D eigenvalue weighted by Gasteiger charge is 2.41. The van der Waals surface area contributed by atoms with E-state index in [1.54, 1.807) is 0 Å². The van der Waals surface area contributed by atoms with Crippen molar-refractivity contribution in [1.29, 1.82) is 0 Å². The van der Waals surface area contributed by atoms with Gasteiger partial charge in [0.2, 0.25) is 0 Å². The van der Waals surface area contributed by atoms with Crippen molar-refractivity contribution in [3.05, 3.63) is 35.4 Å². The zero-order valence-electron chi connectivity index (χ0n) is 12.6. The lowest BCUT2D eigenvalue weighted by Gasteiger charge is -2.41. The maximum absolute atomic E-state index is 12.9. The molecule has 2 unspecified atom stereocenters. The number of hydrogen-bond donors (Lipinski definition) is 0. The largest absolute Gasteiger partial charge is 0.325 e. The second-order valence-corrected chi connectivity index (χ2v) is 6.74. The lowest BCUT2D eigenvalue weighted by Crippen LogP contribution is -2.53. The topological polar surface area (TPSA) is 23.6 Å². The molecule has 21 heavy (non-hydrogen) atoms. The van der Waals surface area contributed by atoms with Gasteiger partial charge in [-0.05, 0) is 49.7 Å². The number of amides is 2. The summed E-state index contributed by atoms with van der Waals surface area (Å²) < 4.78 is 0. The number of carbonyl (C=O) groups excluding carboxylic acids is 1. The molecule has 2 saturated heterocycles. The van der Waals surface area contributed by atoms with Gasteiger partial charge < -0.3 is 9.80 Å². The minimum Gasteiger partial charge on any atom is -0.325 e. The Morgan fingerprint density at radius 2 is 1.81 bits per heavy atom. The molecule has 4 rings (SSSR count). The second-order valence-electron chi connectivity index (χ2n) is 6.74. The fraction of sp³-hybridized carbons (Fsp3) is 0.611. The van der Waals surface area contributed by atoms with Crippen LogP contribution in [0.2, 0.25) is 0 Å². The Morgan fingerprint density at radius 1 is 1.00 bits per heavy atom. The number of hydrogen-bond acceptors (Lipinski definition) is 1. The predicted molar refractivity (Wildman–Crippen MR) is 83.4 cm³/mol. The van der Waals surface area contributed by atoms with Gasteiger partial charge in [0.05, 0.1) is 0 Å². The fourth-order valence-electron chi connectivity index (χ4n) is 4.48. The Kier molecular flexibility index (Phi) is 3.36. The van der Waals surface area contributed by atoms with E-state index in [2.05, 4.69) is 34.1 Å². The van der Waals surface area contributed by atoms with Crippen molar-refractivity contribution in [3.8, 4) is 0 Å². The Hall–Kier alpha value is -1.51. The first-order valence-corrected chi connectivity index (χ1v) is 8.48. The van der Waals surface area contributed by atoms with Crippen molar-refractivity contribution in [1.82, 2.24) is 9.80 Å². The third kappa shape index (κ3) is 2.23. The molecule has 0 spiro atoms. The normalized spacial score (nSPS) is 28.2. The number of nitrogens with zero attached hydrogens (tertiary/aromatic N) is 2. The summed E-state index contributed by atoms with van der Waals surface area (Å²) in [6, 6.07) is 9.51. The summed E-state index contributed by atoms with van der Waals surface area (Å²) in [5.41, 5.74) is 2.96. The van der Waals surface area contributed by atoms with Crippen LogP contribution in [0.1, 0.15) is 49.1 Å². The molecule has 0 radical (unpaired) electrons. The molecule has 0 N–H and O–H groups in total. The van der Waals surface area contributed by atoms with E-state index in [0.717, 1.165) is 32.5 Å². The van der Waals surface area contributed by atoms with Crippen LogP contribution >= 0.6 is 0 Å². The lowest BCUT2D eigenvalue weighted by atomic mass is 9.89. The number of likely N-dealkylation sites (tertiary alicyclic amines) is 2. The van der Waals surface area contributed by atoms with Crippen molar-refractivity contribution in [2.45, 2.75) is 50.5 Å². The minimum absolute atomic E-state index is 0.303. The molecule has 2 aliphatic heterocycles. The van der Waals surface area contributed by atoms with E-state index < -0.39 is 0 Å². The molecule has 2 amide bonds. The molecule has 1 aromatic carbocycles. The van der Waals surface area contributed by atoms with Gasteiger partial charge >= 0.3 is 6.03 Å². The van der Waals surface area contributed by atoms with Crippen LogP contribution in [0, 0.1) is 0 Å². The number of carbonyl (C=O) groups is 1. The van der Waals surface area contributed by atoms with Crippen LogP contribution in [0.15, 0.2) is 24.3 Å². The highest BCUT2D eigenvalue weighted by atomic mass is 16.2. The molecule has 3 aliphatic rings. The number of benzene rings is 1. The standard InChI is InChI=1S/C18H24N2O/c21-18(19-10-4-1-5-11-19)20-12-6-9-16-15-8-3-2-7-14(15)13-17(16)20/h2-3,7-8,16-17H,1,4-6,9-13H2. The second kappa shape index (κ2) is 5.36. The van der Waals surface area contributed by atoms with Gasteiger partial charge in [0.1, 0.15) is 0 Å². The van der Waals surface area contributed by atoms with E-state index in [-0.39, 0.29) is 0 Å². The highest BCUT2D eigenvalue weighted by molar-refractivity contribution is 5.75. The van der Waals surface area contributed by atoms with E-state index in [0.29, 0.717) is 18.0 Å². The van der Waals surface area contributed by atoms with E-state index in [1.807, 2.05) is 0 Å². The molecule has 0 aromatic heterocycles. The number of piperidine rings is 2. The summed E-state index contributed by atoms with van der Waals surface area (Å²) in [6.07, 6.45) is 7.07. The summed E-state index contributed by atoms with van der Waals surface area (Å²) in [5.74, 6) is 0.573. The van der Waals surface area contributed by atoms with Gasteiger partial charge in [-0.2, -0.15) is 0 Å². The molecule has 1 aromatic rings. The van der Waals surface area contributed by atoms with Crippen LogP contribution in [0.3, 0.4) is 0 Å². The summed E-state index contributed by atoms with van der Waals surface area (Å²) in [4.78, 5) is 17.2. The van der Waals surface area contributed by atoms with Crippen molar-refractivity contribution >= 4 is 6.03 Å². The summed E-state index contributed by atoms with van der Waals surface area (Å²) >= 11 is 0. The minimum atomic E-state index is 0.303. The molecule has 2 heterocycles. The monoisotopic (exact) mass is 284 g/mol. The maximum atomic E-state index is 12.9. The average molecular weight is 284 g/mol. The van der Waals surface area contributed by atoms with Crippen molar-refractivity contribution < 1.29 is 4.79 Å². The summed E-state index contributed by atoms with van der Waals surface area (Å²) in [5, 5.41) is 0. The van der Waals surface area contributed by atoms with Gasteiger partial charge in [-0.3, -0.25) is 0 Å². The van der Waals surface area contributed by atoms with E-state index >= 15 is 0 Å². The van der Waals surface area contributed by atoms with Gasteiger partial charge in [0, 0.05) is 31.6 Å². The molecule has 112 valence electrons. The lowest BCUT2D eigenvalue weighted by molar-refractivity contribution is 0.104. The third-order valence-electron chi connectivity index (χ3n) is 5.53. The third-order valence-corrected chi connectivity index (χ3v) is 5.53. The van der Waals surface area contributed by atoms with E-state index in [1.165, 1.54) is 36.8 Å². The molecular formula is C18H24N2O. The molecule has 2 atom stereocenters. The Balaban J connectivity index is 1.56. The summed E-state index contributed by atoms with van der Waals surface area (Å²) in [7, 11) is 0. The zero-order chi connectivity index (χ0) is 14.2. The van der Waals surface area contributed by atoms with Gasteiger partial charge in [-0.15, -0.1) is 0 Å². The van der Waals surface area contributed by atoms with Crippen LogP contribution in [-0.2, 0) is 6.42 Å². The average Bonchev–Trinajstić information content (AvgIpc) is 2.94. The van der Waals surface area contributed by atoms with Gasteiger partial charge in [-0.25, -0.2) is 4.79 Å². The molecule has 0 saturated carbocycles. The Morgan fingerprint density at radius 3 is 2.67 bits per heavy atom. The first-order valence-electron chi connectivity index (χ1n) is 8.48. The van der Waals surface area contributed by atoms with Crippen LogP contribution in [0.25, 0.3) is 0 Å². The van der Waals surface area contributed by atoms with Crippen LogP contribution in [-0.4, -0.2) is 41.5 Å². The van der Waals surface area contributed by atoms with Crippen LogP contribution in [0.4, 0.5) is 4.79 Å². The molecule has 1 aliphatic carbocycles. The number of fused-ring (bicyclic) bond motifs is 3. The van der Waals surface area contributed by atoms with Crippen molar-refractivity contribution in [2.24, 2.45) is 0 Å². The molecule has 3 nitrogen and oxygen atoms in total. The number of rotatable bonds is 0. The van der Waals surface area contributed by atoms with Gasteiger partial charge in [0.25, 0.3) is 0 Å². The van der Waals surface area contributed by atoms with Gasteiger partial charge in [0.15, 0.2) is 0 Å².